The van der Waals surface area contributed by atoms with E-state index in [1.54, 1.807) is 0 Å². The topological polar surface area (TPSA) is 44.0 Å². The zero-order valence-electron chi connectivity index (χ0n) is 9.82. The molecule has 0 radical (unpaired) electrons. The van der Waals surface area contributed by atoms with E-state index in [-0.39, 0.29) is 0 Å². The Labute approximate surface area is 96.4 Å². The van der Waals surface area contributed by atoms with E-state index in [9.17, 15) is 0 Å². The highest BCUT2D eigenvalue weighted by molar-refractivity contribution is 5.08. The molecule has 2 fully saturated rings. The van der Waals surface area contributed by atoms with Crippen molar-refractivity contribution in [3.8, 4) is 0 Å². The number of nitrogens with one attached hydrogen (secondary N) is 2. The molecule has 2 atom stereocenters. The Balaban J connectivity index is 1.51. The molecule has 2 heterocycles. The molecule has 0 spiro atoms. The molecule has 4 nitrogen and oxygen atoms in total. The van der Waals surface area contributed by atoms with E-state index in [1.165, 1.54) is 37.9 Å². The molecule has 0 aromatic carbocycles. The van der Waals surface area contributed by atoms with Gasteiger partial charge in [0.25, 0.3) is 0 Å². The van der Waals surface area contributed by atoms with E-state index in [0.717, 1.165) is 6.04 Å². The lowest BCUT2D eigenvalue weighted by Gasteiger charge is -2.19. The highest BCUT2D eigenvalue weighted by Crippen LogP contribution is 2.30. The summed E-state index contributed by atoms with van der Waals surface area (Å²) >= 11 is 0. The third-order valence-corrected chi connectivity index (χ3v) is 3.79. The van der Waals surface area contributed by atoms with Crippen LogP contribution in [-0.2, 0) is 0 Å². The molecule has 1 saturated heterocycles. The second-order valence-electron chi connectivity index (χ2n) is 5.13. The standard InChI is InChI=1S/C12H20N4/c1-9(10-6-13-14-7-10)15-11-4-5-16(8-11)12-2-3-12/h6-7,9,11-12,15H,2-5,8H2,1H3,(H,13,14). The monoisotopic (exact) mass is 220 g/mol. The van der Waals surface area contributed by atoms with Crippen molar-refractivity contribution in [2.45, 2.75) is 44.3 Å². The summed E-state index contributed by atoms with van der Waals surface area (Å²) in [5.74, 6) is 0. The lowest BCUT2D eigenvalue weighted by molar-refractivity contribution is 0.313. The summed E-state index contributed by atoms with van der Waals surface area (Å²) in [5, 5.41) is 10.6. The van der Waals surface area contributed by atoms with Gasteiger partial charge in [-0.05, 0) is 26.2 Å². The average Bonchev–Trinajstić information content (AvgIpc) is 2.82. The van der Waals surface area contributed by atoms with Crippen molar-refractivity contribution in [2.75, 3.05) is 13.1 Å². The number of rotatable bonds is 4. The van der Waals surface area contributed by atoms with Gasteiger partial charge in [-0.2, -0.15) is 5.10 Å². The molecule has 1 aliphatic carbocycles. The molecule has 0 bridgehead atoms. The van der Waals surface area contributed by atoms with Gasteiger partial charge in [-0.3, -0.25) is 10.00 Å². The van der Waals surface area contributed by atoms with Gasteiger partial charge in [0, 0.05) is 43.0 Å². The summed E-state index contributed by atoms with van der Waals surface area (Å²) < 4.78 is 0. The Hall–Kier alpha value is -0.870. The molecule has 2 N–H and O–H groups in total. The Morgan fingerprint density at radius 3 is 3.06 bits per heavy atom. The van der Waals surface area contributed by atoms with Crippen LogP contribution < -0.4 is 5.32 Å². The van der Waals surface area contributed by atoms with E-state index in [1.807, 2.05) is 12.4 Å². The minimum Gasteiger partial charge on any atom is -0.306 e. The largest absolute Gasteiger partial charge is 0.306 e. The summed E-state index contributed by atoms with van der Waals surface area (Å²) in [6.45, 7) is 4.72. The Morgan fingerprint density at radius 1 is 1.50 bits per heavy atom. The SMILES string of the molecule is CC(NC1CCN(C2CC2)C1)c1cn[nH]c1. The molecule has 1 aromatic heterocycles. The summed E-state index contributed by atoms with van der Waals surface area (Å²) in [7, 11) is 0. The summed E-state index contributed by atoms with van der Waals surface area (Å²) in [6, 6.07) is 1.98. The van der Waals surface area contributed by atoms with Crippen molar-refractivity contribution in [3.63, 3.8) is 0 Å². The maximum atomic E-state index is 4.00. The minimum absolute atomic E-state index is 0.405. The van der Waals surface area contributed by atoms with Crippen molar-refractivity contribution >= 4 is 0 Å². The fourth-order valence-electron chi connectivity index (χ4n) is 2.64. The van der Waals surface area contributed by atoms with Crippen LogP contribution in [0.15, 0.2) is 12.4 Å². The first-order chi connectivity index (χ1) is 7.83. The van der Waals surface area contributed by atoms with E-state index in [4.69, 9.17) is 0 Å². The van der Waals surface area contributed by atoms with Crippen LogP contribution in [0.3, 0.4) is 0 Å². The second kappa shape index (κ2) is 4.18. The average molecular weight is 220 g/mol. The van der Waals surface area contributed by atoms with Gasteiger partial charge in [-0.15, -0.1) is 0 Å². The van der Waals surface area contributed by atoms with Crippen molar-refractivity contribution in [3.05, 3.63) is 18.0 Å². The van der Waals surface area contributed by atoms with Crippen LogP contribution in [0.4, 0.5) is 0 Å². The number of aromatic nitrogens is 2. The van der Waals surface area contributed by atoms with Gasteiger partial charge in [-0.25, -0.2) is 0 Å². The van der Waals surface area contributed by atoms with E-state index < -0.39 is 0 Å². The summed E-state index contributed by atoms with van der Waals surface area (Å²) in [6.07, 6.45) is 8.02. The highest BCUT2D eigenvalue weighted by Gasteiger charge is 2.34. The molecule has 4 heteroatoms. The molecule has 1 aliphatic heterocycles. The fourth-order valence-corrected chi connectivity index (χ4v) is 2.64. The molecule has 1 saturated carbocycles. The number of hydrogen-bond acceptors (Lipinski definition) is 3. The molecule has 3 rings (SSSR count). The maximum Gasteiger partial charge on any atom is 0.0534 e. The van der Waals surface area contributed by atoms with Crippen LogP contribution >= 0.6 is 0 Å². The van der Waals surface area contributed by atoms with Gasteiger partial charge in [0.05, 0.1) is 6.20 Å². The van der Waals surface area contributed by atoms with Crippen molar-refractivity contribution in [1.29, 1.82) is 0 Å². The first-order valence-corrected chi connectivity index (χ1v) is 6.31. The number of hydrogen-bond donors (Lipinski definition) is 2. The third-order valence-electron chi connectivity index (χ3n) is 3.79. The van der Waals surface area contributed by atoms with Crippen LogP contribution in [0.25, 0.3) is 0 Å². The molecule has 2 aliphatic rings. The lowest BCUT2D eigenvalue weighted by Crippen LogP contribution is -2.34. The first-order valence-electron chi connectivity index (χ1n) is 6.31. The van der Waals surface area contributed by atoms with Crippen molar-refractivity contribution in [1.82, 2.24) is 20.4 Å². The number of H-pyrrole nitrogens is 1. The molecule has 1 aromatic rings. The fraction of sp³-hybridized carbons (Fsp3) is 0.750. The van der Waals surface area contributed by atoms with E-state index in [0.29, 0.717) is 12.1 Å². The van der Waals surface area contributed by atoms with Gasteiger partial charge in [-0.1, -0.05) is 0 Å². The van der Waals surface area contributed by atoms with E-state index >= 15 is 0 Å². The number of aromatic amines is 1. The van der Waals surface area contributed by atoms with Gasteiger partial charge < -0.3 is 5.32 Å². The normalized spacial score (nSPS) is 28.4. The zero-order chi connectivity index (χ0) is 11.0. The smallest absolute Gasteiger partial charge is 0.0534 e. The molecule has 2 unspecified atom stereocenters. The second-order valence-corrected chi connectivity index (χ2v) is 5.13. The summed E-state index contributed by atoms with van der Waals surface area (Å²) in [5.41, 5.74) is 1.25. The molecular formula is C12H20N4. The quantitative estimate of drug-likeness (QED) is 0.804. The van der Waals surface area contributed by atoms with Gasteiger partial charge in [0.2, 0.25) is 0 Å². The molecule has 88 valence electrons. The van der Waals surface area contributed by atoms with Crippen LogP contribution in [0.5, 0.6) is 0 Å². The van der Waals surface area contributed by atoms with Crippen LogP contribution in [0, 0.1) is 0 Å². The molecule has 16 heavy (non-hydrogen) atoms. The Bertz CT molecular complexity index is 331. The predicted octanol–water partition coefficient (Wildman–Crippen LogP) is 1.30. The molecule has 0 amide bonds. The van der Waals surface area contributed by atoms with Gasteiger partial charge >= 0.3 is 0 Å². The minimum atomic E-state index is 0.405. The highest BCUT2D eigenvalue weighted by atomic mass is 15.2. The Morgan fingerprint density at radius 2 is 2.38 bits per heavy atom. The number of likely N-dealkylation sites (tertiary alicyclic amines) is 1. The lowest BCUT2D eigenvalue weighted by atomic mass is 10.1. The first kappa shape index (κ1) is 10.3. The van der Waals surface area contributed by atoms with Crippen molar-refractivity contribution < 1.29 is 0 Å². The van der Waals surface area contributed by atoms with Crippen LogP contribution in [0.1, 0.15) is 37.8 Å². The number of nitrogens with zero attached hydrogens (tertiary/aromatic N) is 2. The van der Waals surface area contributed by atoms with Crippen LogP contribution in [0.2, 0.25) is 0 Å². The summed E-state index contributed by atoms with van der Waals surface area (Å²) in [4.78, 5) is 2.64. The third kappa shape index (κ3) is 2.13. The van der Waals surface area contributed by atoms with Gasteiger partial charge in [0.15, 0.2) is 0 Å². The zero-order valence-corrected chi connectivity index (χ0v) is 9.82. The predicted molar refractivity (Wildman–Crippen MR) is 63.1 cm³/mol. The van der Waals surface area contributed by atoms with E-state index in [2.05, 4.69) is 27.3 Å². The Kier molecular flexibility index (Phi) is 2.69. The van der Waals surface area contributed by atoms with Gasteiger partial charge in [0.1, 0.15) is 0 Å². The van der Waals surface area contributed by atoms with Crippen LogP contribution in [-0.4, -0.2) is 40.3 Å². The maximum absolute atomic E-state index is 4.00. The van der Waals surface area contributed by atoms with Crippen molar-refractivity contribution in [2.24, 2.45) is 0 Å². The molecular weight excluding hydrogens is 200 g/mol.